The number of aliphatic hydroxyl groups is 1. The second-order valence-electron chi connectivity index (χ2n) is 5.62. The van der Waals surface area contributed by atoms with Gasteiger partial charge >= 0.3 is 0 Å². The third-order valence-corrected chi connectivity index (χ3v) is 4.07. The molecule has 0 amide bonds. The minimum Gasteiger partial charge on any atom is -0.387 e. The van der Waals surface area contributed by atoms with Crippen molar-refractivity contribution in [3.8, 4) is 0 Å². The van der Waals surface area contributed by atoms with Crippen molar-refractivity contribution >= 4 is 0 Å². The number of aryl methyl sites for hydroxylation is 2. The Morgan fingerprint density at radius 1 is 1.30 bits per heavy atom. The summed E-state index contributed by atoms with van der Waals surface area (Å²) in [6.07, 6.45) is 4.14. The zero-order chi connectivity index (χ0) is 14.4. The minimum atomic E-state index is -0.437. The first-order valence-electron chi connectivity index (χ1n) is 7.83. The van der Waals surface area contributed by atoms with E-state index in [0.717, 1.165) is 38.2 Å². The van der Waals surface area contributed by atoms with Gasteiger partial charge in [0.15, 0.2) is 0 Å². The molecule has 0 fully saturated rings. The molecule has 2 rings (SSSR count). The second-order valence-corrected chi connectivity index (χ2v) is 5.62. The van der Waals surface area contributed by atoms with Crippen LogP contribution in [0.2, 0.25) is 0 Å². The van der Waals surface area contributed by atoms with Crippen molar-refractivity contribution in [3.63, 3.8) is 0 Å². The van der Waals surface area contributed by atoms with Crippen molar-refractivity contribution in [2.45, 2.75) is 51.7 Å². The Balaban J connectivity index is 1.82. The number of benzene rings is 1. The molecule has 2 atom stereocenters. The van der Waals surface area contributed by atoms with E-state index in [4.69, 9.17) is 4.74 Å². The first-order chi connectivity index (χ1) is 9.72. The summed E-state index contributed by atoms with van der Waals surface area (Å²) in [6, 6.07) is 6.51. The first kappa shape index (κ1) is 15.5. The Morgan fingerprint density at radius 2 is 2.10 bits per heavy atom. The number of hydrogen-bond donors (Lipinski definition) is 2. The monoisotopic (exact) mass is 277 g/mol. The van der Waals surface area contributed by atoms with Crippen molar-refractivity contribution in [1.29, 1.82) is 0 Å². The number of aliphatic hydroxyl groups excluding tert-OH is 1. The molecule has 0 saturated heterocycles. The molecule has 0 bridgehead atoms. The fourth-order valence-electron chi connectivity index (χ4n) is 2.82. The Hall–Kier alpha value is -0.900. The molecule has 1 aliphatic carbocycles. The maximum Gasteiger partial charge on any atom is 0.0940 e. The fraction of sp³-hybridized carbons (Fsp3) is 0.647. The van der Waals surface area contributed by atoms with Crippen LogP contribution in [0, 0.1) is 0 Å². The van der Waals surface area contributed by atoms with Gasteiger partial charge in [0.05, 0.1) is 6.10 Å². The number of nitrogens with one attached hydrogen (secondary N) is 1. The van der Waals surface area contributed by atoms with Crippen LogP contribution >= 0.6 is 0 Å². The van der Waals surface area contributed by atoms with Gasteiger partial charge in [0.2, 0.25) is 0 Å². The Labute approximate surface area is 122 Å². The van der Waals surface area contributed by atoms with Crippen LogP contribution in [0.3, 0.4) is 0 Å². The first-order valence-corrected chi connectivity index (χ1v) is 7.83. The Kier molecular flexibility index (Phi) is 6.02. The summed E-state index contributed by atoms with van der Waals surface area (Å²) < 4.78 is 5.31. The van der Waals surface area contributed by atoms with Crippen LogP contribution in [0.5, 0.6) is 0 Å². The van der Waals surface area contributed by atoms with Crippen molar-refractivity contribution < 1.29 is 9.84 Å². The van der Waals surface area contributed by atoms with Crippen molar-refractivity contribution in [2.24, 2.45) is 0 Å². The van der Waals surface area contributed by atoms with Gasteiger partial charge in [-0.05, 0) is 62.8 Å². The maximum atomic E-state index is 10.4. The van der Waals surface area contributed by atoms with E-state index in [1.54, 1.807) is 0 Å². The van der Waals surface area contributed by atoms with Crippen LogP contribution in [0.4, 0.5) is 0 Å². The Bertz CT molecular complexity index is 419. The van der Waals surface area contributed by atoms with E-state index >= 15 is 0 Å². The summed E-state index contributed by atoms with van der Waals surface area (Å²) >= 11 is 0. The van der Waals surface area contributed by atoms with Crippen molar-refractivity contribution in [2.75, 3.05) is 19.8 Å². The van der Waals surface area contributed by atoms with Gasteiger partial charge in [0.25, 0.3) is 0 Å². The average molecular weight is 277 g/mol. The maximum absolute atomic E-state index is 10.4. The molecule has 0 aromatic heterocycles. The molecule has 1 aliphatic rings. The van der Waals surface area contributed by atoms with Gasteiger partial charge in [-0.2, -0.15) is 0 Å². The fourth-order valence-corrected chi connectivity index (χ4v) is 2.82. The lowest BCUT2D eigenvalue weighted by Gasteiger charge is -2.21. The van der Waals surface area contributed by atoms with E-state index in [9.17, 15) is 5.11 Å². The highest BCUT2D eigenvalue weighted by Crippen LogP contribution is 2.26. The van der Waals surface area contributed by atoms with Gasteiger partial charge in [-0.15, -0.1) is 0 Å². The van der Waals surface area contributed by atoms with Crippen LogP contribution < -0.4 is 5.32 Å². The van der Waals surface area contributed by atoms with Gasteiger partial charge in [0.1, 0.15) is 0 Å². The van der Waals surface area contributed by atoms with Crippen LogP contribution in [-0.2, 0) is 17.6 Å². The molecule has 0 heterocycles. The molecule has 0 aliphatic heterocycles. The molecule has 3 nitrogen and oxygen atoms in total. The molecule has 112 valence electrons. The van der Waals surface area contributed by atoms with E-state index in [1.807, 2.05) is 13.8 Å². The summed E-state index contributed by atoms with van der Waals surface area (Å²) in [5.74, 6) is 0. The van der Waals surface area contributed by atoms with Crippen LogP contribution in [0.15, 0.2) is 18.2 Å². The summed E-state index contributed by atoms with van der Waals surface area (Å²) in [7, 11) is 0. The van der Waals surface area contributed by atoms with Crippen LogP contribution in [-0.4, -0.2) is 30.9 Å². The van der Waals surface area contributed by atoms with Gasteiger partial charge in [-0.1, -0.05) is 18.2 Å². The van der Waals surface area contributed by atoms with Crippen molar-refractivity contribution in [3.05, 3.63) is 34.9 Å². The topological polar surface area (TPSA) is 41.5 Å². The number of ether oxygens (including phenoxy) is 1. The van der Waals surface area contributed by atoms with Crippen LogP contribution in [0.1, 0.15) is 49.5 Å². The molecular formula is C17H27NO2. The van der Waals surface area contributed by atoms with Gasteiger partial charge in [-0.3, -0.25) is 0 Å². The normalized spacial score (nSPS) is 16.9. The molecule has 1 aromatic rings. The van der Waals surface area contributed by atoms with Gasteiger partial charge in [-0.25, -0.2) is 0 Å². The van der Waals surface area contributed by atoms with E-state index in [1.165, 1.54) is 24.0 Å². The molecule has 0 saturated carbocycles. The molecule has 0 spiro atoms. The summed E-state index contributed by atoms with van der Waals surface area (Å²) in [5, 5.41) is 13.8. The third kappa shape index (κ3) is 4.05. The molecule has 0 radical (unpaired) electrons. The highest BCUT2D eigenvalue weighted by molar-refractivity contribution is 5.36. The molecular weight excluding hydrogens is 250 g/mol. The smallest absolute Gasteiger partial charge is 0.0940 e. The number of hydrogen-bond acceptors (Lipinski definition) is 3. The third-order valence-electron chi connectivity index (χ3n) is 4.07. The van der Waals surface area contributed by atoms with Crippen LogP contribution in [0.25, 0.3) is 0 Å². The lowest BCUT2D eigenvalue weighted by Crippen LogP contribution is -2.33. The van der Waals surface area contributed by atoms with Gasteiger partial charge < -0.3 is 15.2 Å². The second kappa shape index (κ2) is 7.77. The molecule has 2 unspecified atom stereocenters. The summed E-state index contributed by atoms with van der Waals surface area (Å²) in [5.41, 5.74) is 3.92. The van der Waals surface area contributed by atoms with E-state index in [0.29, 0.717) is 0 Å². The number of fused-ring (bicyclic) bond motifs is 1. The van der Waals surface area contributed by atoms with Gasteiger partial charge in [0, 0.05) is 19.3 Å². The molecule has 3 heteroatoms. The number of rotatable bonds is 8. The lowest BCUT2D eigenvalue weighted by molar-refractivity contribution is 0.125. The standard InChI is InChI=1S/C17H27NO2/c1-3-20-11-5-10-18-13(2)17(19)16-9-8-14-6-4-7-15(14)12-16/h8-9,12-13,17-19H,3-7,10-11H2,1-2H3. The zero-order valence-corrected chi connectivity index (χ0v) is 12.7. The lowest BCUT2D eigenvalue weighted by atomic mass is 9.99. The molecule has 20 heavy (non-hydrogen) atoms. The predicted molar refractivity (Wildman–Crippen MR) is 82.0 cm³/mol. The summed E-state index contributed by atoms with van der Waals surface area (Å²) in [6.45, 7) is 6.48. The van der Waals surface area contributed by atoms with E-state index in [2.05, 4.69) is 23.5 Å². The van der Waals surface area contributed by atoms with E-state index in [-0.39, 0.29) is 6.04 Å². The largest absolute Gasteiger partial charge is 0.387 e. The van der Waals surface area contributed by atoms with Crippen molar-refractivity contribution in [1.82, 2.24) is 5.32 Å². The van der Waals surface area contributed by atoms with E-state index < -0.39 is 6.10 Å². The Morgan fingerprint density at radius 3 is 2.90 bits per heavy atom. The molecule has 2 N–H and O–H groups in total. The minimum absolute atomic E-state index is 0.0658. The predicted octanol–water partition coefficient (Wildman–Crippen LogP) is 2.61. The zero-order valence-electron chi connectivity index (χ0n) is 12.7. The summed E-state index contributed by atoms with van der Waals surface area (Å²) in [4.78, 5) is 0. The average Bonchev–Trinajstić information content (AvgIpc) is 2.93. The highest BCUT2D eigenvalue weighted by Gasteiger charge is 2.18. The SMILES string of the molecule is CCOCCCNC(C)C(O)c1ccc2c(c1)CCC2. The molecule has 1 aromatic carbocycles. The highest BCUT2D eigenvalue weighted by atomic mass is 16.5. The quantitative estimate of drug-likeness (QED) is 0.718.